The maximum atomic E-state index is 11.3. The van der Waals surface area contributed by atoms with E-state index in [1.165, 1.54) is 6.07 Å². The lowest BCUT2D eigenvalue weighted by Crippen LogP contribution is -2.32. The summed E-state index contributed by atoms with van der Waals surface area (Å²) in [6, 6.07) is 15.1. The Morgan fingerprint density at radius 3 is 2.43 bits per heavy atom. The van der Waals surface area contributed by atoms with E-state index in [9.17, 15) is 10.1 Å². The van der Waals surface area contributed by atoms with Gasteiger partial charge in [-0.15, -0.1) is 0 Å². The van der Waals surface area contributed by atoms with Crippen LogP contribution in [0.2, 0.25) is 0 Å². The van der Waals surface area contributed by atoms with Crippen LogP contribution >= 0.6 is 0 Å². The normalized spacial score (nSPS) is 11.3. The summed E-state index contributed by atoms with van der Waals surface area (Å²) < 4.78 is 0. The first-order chi connectivity index (χ1) is 10.9. The molecule has 5 heteroatoms. The molecule has 0 radical (unpaired) electrons. The van der Waals surface area contributed by atoms with Gasteiger partial charge in [0.2, 0.25) is 0 Å². The summed E-state index contributed by atoms with van der Waals surface area (Å²) in [4.78, 5) is 10.9. The Kier molecular flexibility index (Phi) is 5.34. The fourth-order valence-electron chi connectivity index (χ4n) is 2.49. The minimum absolute atomic E-state index is 0.0253. The number of rotatable bonds is 7. The molecule has 0 saturated carbocycles. The Bertz CT molecular complexity index is 669. The van der Waals surface area contributed by atoms with E-state index in [0.717, 1.165) is 11.1 Å². The Labute approximate surface area is 136 Å². The van der Waals surface area contributed by atoms with E-state index in [1.54, 1.807) is 6.07 Å². The number of nitro groups is 1. The fourth-order valence-corrected chi connectivity index (χ4v) is 2.49. The molecule has 122 valence electrons. The maximum absolute atomic E-state index is 11.3. The Morgan fingerprint density at radius 2 is 1.83 bits per heavy atom. The number of aliphatic hydroxyl groups is 1. The van der Waals surface area contributed by atoms with Gasteiger partial charge in [-0.3, -0.25) is 10.1 Å². The number of anilines is 1. The van der Waals surface area contributed by atoms with Crippen molar-refractivity contribution in [3.05, 3.63) is 69.8 Å². The van der Waals surface area contributed by atoms with Crippen molar-refractivity contribution in [3.63, 3.8) is 0 Å². The second-order valence-electron chi connectivity index (χ2n) is 6.25. The second kappa shape index (κ2) is 7.24. The molecule has 0 aliphatic rings. The Balaban J connectivity index is 2.30. The summed E-state index contributed by atoms with van der Waals surface area (Å²) in [7, 11) is 0. The molecule has 5 nitrogen and oxygen atoms in total. The molecule has 0 spiro atoms. The molecule has 2 N–H and O–H groups in total. The molecule has 0 aromatic heterocycles. The number of nitrogens with zero attached hydrogens (tertiary/aromatic N) is 1. The van der Waals surface area contributed by atoms with Crippen LogP contribution in [0.4, 0.5) is 11.4 Å². The van der Waals surface area contributed by atoms with Crippen molar-refractivity contribution in [1.29, 1.82) is 0 Å². The predicted molar refractivity (Wildman–Crippen MR) is 91.7 cm³/mol. The molecule has 0 aliphatic carbocycles. The SMILES string of the molecule is CC(C)(CCO)Nc1cc(Cc2ccccc2)ccc1[N+](=O)[O-]. The molecule has 0 bridgehead atoms. The zero-order valence-corrected chi connectivity index (χ0v) is 13.5. The number of nitrogens with one attached hydrogen (secondary N) is 1. The van der Waals surface area contributed by atoms with Crippen LogP contribution in [0.15, 0.2) is 48.5 Å². The first-order valence-corrected chi connectivity index (χ1v) is 7.61. The number of nitro benzene ring substituents is 1. The fraction of sp³-hybridized carbons (Fsp3) is 0.333. The van der Waals surface area contributed by atoms with Crippen molar-refractivity contribution in [3.8, 4) is 0 Å². The average molecular weight is 314 g/mol. The third-order valence-corrected chi connectivity index (χ3v) is 3.72. The van der Waals surface area contributed by atoms with E-state index in [0.29, 0.717) is 18.5 Å². The standard InChI is InChI=1S/C18H22N2O3/c1-18(2,10-11-21)19-16-13-15(8-9-17(16)20(22)23)12-14-6-4-3-5-7-14/h3-9,13,19,21H,10-12H2,1-2H3. The van der Waals surface area contributed by atoms with Crippen LogP contribution in [0.3, 0.4) is 0 Å². The predicted octanol–water partition coefficient (Wildman–Crippen LogP) is 3.76. The zero-order chi connectivity index (χ0) is 16.9. The Hall–Kier alpha value is -2.40. The zero-order valence-electron chi connectivity index (χ0n) is 13.5. The van der Waals surface area contributed by atoms with Crippen molar-refractivity contribution in [2.45, 2.75) is 32.2 Å². The topological polar surface area (TPSA) is 75.4 Å². The van der Waals surface area contributed by atoms with Gasteiger partial charge in [0.25, 0.3) is 5.69 Å². The van der Waals surface area contributed by atoms with E-state index < -0.39 is 5.54 Å². The number of benzene rings is 2. The summed E-state index contributed by atoms with van der Waals surface area (Å²) in [5.74, 6) is 0. The second-order valence-corrected chi connectivity index (χ2v) is 6.25. The number of aliphatic hydroxyl groups excluding tert-OH is 1. The molecule has 2 rings (SSSR count). The molecular weight excluding hydrogens is 292 g/mol. The van der Waals surface area contributed by atoms with Crippen LogP contribution in [0.25, 0.3) is 0 Å². The molecule has 0 heterocycles. The first kappa shape index (κ1) is 17.0. The van der Waals surface area contributed by atoms with Crippen molar-refractivity contribution >= 4 is 11.4 Å². The van der Waals surface area contributed by atoms with Crippen molar-refractivity contribution in [1.82, 2.24) is 0 Å². The van der Waals surface area contributed by atoms with E-state index in [2.05, 4.69) is 5.32 Å². The molecular formula is C18H22N2O3. The Morgan fingerprint density at radius 1 is 1.13 bits per heavy atom. The van der Waals surface area contributed by atoms with Gasteiger partial charge >= 0.3 is 0 Å². The number of hydrogen-bond donors (Lipinski definition) is 2. The van der Waals surface area contributed by atoms with Crippen molar-refractivity contribution in [2.75, 3.05) is 11.9 Å². The van der Waals surface area contributed by atoms with Gasteiger partial charge in [-0.1, -0.05) is 36.4 Å². The molecule has 0 saturated heterocycles. The summed E-state index contributed by atoms with van der Waals surface area (Å²) in [5.41, 5.74) is 2.27. The van der Waals surface area contributed by atoms with Crippen molar-refractivity contribution in [2.24, 2.45) is 0 Å². The van der Waals surface area contributed by atoms with E-state index >= 15 is 0 Å². The minimum Gasteiger partial charge on any atom is -0.396 e. The smallest absolute Gasteiger partial charge is 0.292 e. The highest BCUT2D eigenvalue weighted by Crippen LogP contribution is 2.30. The highest BCUT2D eigenvalue weighted by atomic mass is 16.6. The largest absolute Gasteiger partial charge is 0.396 e. The molecule has 0 atom stereocenters. The van der Waals surface area contributed by atoms with E-state index in [1.807, 2.05) is 50.2 Å². The lowest BCUT2D eigenvalue weighted by Gasteiger charge is -2.26. The third-order valence-electron chi connectivity index (χ3n) is 3.72. The summed E-state index contributed by atoms with van der Waals surface area (Å²) in [6.45, 7) is 3.85. The van der Waals surface area contributed by atoms with Crippen LogP contribution in [-0.4, -0.2) is 22.2 Å². The van der Waals surface area contributed by atoms with Crippen LogP contribution in [0.1, 0.15) is 31.4 Å². The molecule has 23 heavy (non-hydrogen) atoms. The molecule has 0 unspecified atom stereocenters. The van der Waals surface area contributed by atoms with Gasteiger partial charge in [-0.05, 0) is 43.9 Å². The van der Waals surface area contributed by atoms with E-state index in [4.69, 9.17) is 5.11 Å². The van der Waals surface area contributed by atoms with Crippen LogP contribution in [0, 0.1) is 10.1 Å². The lowest BCUT2D eigenvalue weighted by molar-refractivity contribution is -0.384. The quantitative estimate of drug-likeness (QED) is 0.603. The number of hydrogen-bond acceptors (Lipinski definition) is 4. The molecule has 2 aromatic carbocycles. The van der Waals surface area contributed by atoms with Crippen molar-refractivity contribution < 1.29 is 10.0 Å². The van der Waals surface area contributed by atoms with Gasteiger partial charge in [0.05, 0.1) is 4.92 Å². The molecule has 0 fully saturated rings. The van der Waals surface area contributed by atoms with Gasteiger partial charge in [0, 0.05) is 18.2 Å². The maximum Gasteiger partial charge on any atom is 0.292 e. The molecule has 2 aromatic rings. The molecule has 0 aliphatic heterocycles. The van der Waals surface area contributed by atoms with E-state index in [-0.39, 0.29) is 17.2 Å². The van der Waals surface area contributed by atoms with Gasteiger partial charge in [-0.2, -0.15) is 0 Å². The summed E-state index contributed by atoms with van der Waals surface area (Å²) >= 11 is 0. The average Bonchev–Trinajstić information content (AvgIpc) is 2.47. The van der Waals surface area contributed by atoms with Crippen LogP contribution in [-0.2, 0) is 6.42 Å². The monoisotopic (exact) mass is 314 g/mol. The van der Waals surface area contributed by atoms with Gasteiger partial charge in [0.15, 0.2) is 0 Å². The minimum atomic E-state index is -0.426. The highest BCUT2D eigenvalue weighted by molar-refractivity contribution is 5.64. The highest BCUT2D eigenvalue weighted by Gasteiger charge is 2.22. The lowest BCUT2D eigenvalue weighted by atomic mass is 9.99. The first-order valence-electron chi connectivity index (χ1n) is 7.61. The summed E-state index contributed by atoms with van der Waals surface area (Å²) in [6.07, 6.45) is 1.22. The van der Waals surface area contributed by atoms with Gasteiger partial charge in [-0.25, -0.2) is 0 Å². The third kappa shape index (κ3) is 4.79. The molecule has 0 amide bonds. The van der Waals surface area contributed by atoms with Crippen LogP contribution in [0.5, 0.6) is 0 Å². The van der Waals surface area contributed by atoms with Gasteiger partial charge in [0.1, 0.15) is 5.69 Å². The van der Waals surface area contributed by atoms with Crippen LogP contribution < -0.4 is 5.32 Å². The summed E-state index contributed by atoms with van der Waals surface area (Å²) in [5, 5.41) is 23.6. The van der Waals surface area contributed by atoms with Gasteiger partial charge < -0.3 is 10.4 Å².